The van der Waals surface area contributed by atoms with E-state index in [0.29, 0.717) is 27.6 Å². The fraction of sp³-hybridized carbons (Fsp3) is 0.261. The molecule has 0 aliphatic rings. The van der Waals surface area contributed by atoms with Crippen LogP contribution in [-0.4, -0.2) is 43.6 Å². The molecular formula is C23H24FN7O2S. The summed E-state index contributed by atoms with van der Waals surface area (Å²) in [7, 11) is 3.51. The molecule has 3 amide bonds. The van der Waals surface area contributed by atoms with Crippen LogP contribution in [-0.2, 0) is 20.1 Å². The molecule has 3 aromatic heterocycles. The average molecular weight is 482 g/mol. The predicted molar refractivity (Wildman–Crippen MR) is 128 cm³/mol. The fourth-order valence-corrected chi connectivity index (χ4v) is 4.36. The number of benzene rings is 1. The third kappa shape index (κ3) is 5.04. The Kier molecular flexibility index (Phi) is 6.55. The lowest BCUT2D eigenvalue weighted by atomic mass is 10.1. The van der Waals surface area contributed by atoms with Gasteiger partial charge in [-0.25, -0.2) is 19.2 Å². The predicted octanol–water partition coefficient (Wildman–Crippen LogP) is 3.77. The number of rotatable bonds is 6. The van der Waals surface area contributed by atoms with Gasteiger partial charge in [-0.3, -0.25) is 14.8 Å². The van der Waals surface area contributed by atoms with Gasteiger partial charge in [-0.05, 0) is 37.6 Å². The molecule has 0 bridgehead atoms. The molecular weight excluding hydrogens is 457 g/mol. The first-order valence-corrected chi connectivity index (χ1v) is 11.4. The van der Waals surface area contributed by atoms with Crippen LogP contribution in [0.25, 0.3) is 11.0 Å². The van der Waals surface area contributed by atoms with Gasteiger partial charge in [0, 0.05) is 31.7 Å². The summed E-state index contributed by atoms with van der Waals surface area (Å²) in [6, 6.07) is 7.34. The van der Waals surface area contributed by atoms with E-state index in [1.165, 1.54) is 23.5 Å². The van der Waals surface area contributed by atoms with Gasteiger partial charge >= 0.3 is 6.03 Å². The van der Waals surface area contributed by atoms with Crippen LogP contribution in [0.2, 0.25) is 0 Å². The van der Waals surface area contributed by atoms with Gasteiger partial charge in [0.15, 0.2) is 10.8 Å². The summed E-state index contributed by atoms with van der Waals surface area (Å²) in [5.41, 5.74) is 3.98. The molecule has 0 aliphatic heterocycles. The minimum Gasteiger partial charge on any atom is -0.336 e. The number of pyridine rings is 1. The van der Waals surface area contributed by atoms with Gasteiger partial charge in [0.2, 0.25) is 0 Å². The van der Waals surface area contributed by atoms with Crippen LogP contribution in [0.15, 0.2) is 35.7 Å². The highest BCUT2D eigenvalue weighted by molar-refractivity contribution is 7.13. The van der Waals surface area contributed by atoms with Crippen molar-refractivity contribution in [3.8, 4) is 0 Å². The third-order valence-electron chi connectivity index (χ3n) is 5.19. The monoisotopic (exact) mass is 481 g/mol. The first kappa shape index (κ1) is 23.3. The van der Waals surface area contributed by atoms with Crippen molar-refractivity contribution in [2.75, 3.05) is 12.4 Å². The summed E-state index contributed by atoms with van der Waals surface area (Å²) in [5, 5.41) is 12.6. The van der Waals surface area contributed by atoms with Crippen molar-refractivity contribution < 1.29 is 14.0 Å². The number of urea groups is 1. The molecule has 2 N–H and O–H groups in total. The van der Waals surface area contributed by atoms with Crippen molar-refractivity contribution in [1.82, 2.24) is 30.0 Å². The number of hydrogen-bond acceptors (Lipinski definition) is 6. The molecule has 3 heterocycles. The molecule has 0 radical (unpaired) electrons. The Morgan fingerprint density at radius 2 is 2.00 bits per heavy atom. The summed E-state index contributed by atoms with van der Waals surface area (Å²) >= 11 is 1.26. The molecule has 0 spiro atoms. The number of amides is 3. The second kappa shape index (κ2) is 9.56. The molecule has 4 rings (SSSR count). The zero-order chi connectivity index (χ0) is 24.4. The maximum Gasteiger partial charge on any atom is 0.321 e. The number of carbonyl (C=O) groups is 2. The third-order valence-corrected chi connectivity index (χ3v) is 5.99. The highest BCUT2D eigenvalue weighted by Crippen LogP contribution is 2.24. The molecule has 11 heteroatoms. The van der Waals surface area contributed by atoms with E-state index in [9.17, 15) is 14.0 Å². The molecule has 0 aliphatic carbocycles. The summed E-state index contributed by atoms with van der Waals surface area (Å²) < 4.78 is 14.9. The van der Waals surface area contributed by atoms with Gasteiger partial charge < -0.3 is 10.2 Å². The van der Waals surface area contributed by atoms with Gasteiger partial charge in [0.25, 0.3) is 5.91 Å². The maximum absolute atomic E-state index is 13.3. The number of fused-ring (bicyclic) bond motifs is 1. The van der Waals surface area contributed by atoms with E-state index in [-0.39, 0.29) is 24.8 Å². The van der Waals surface area contributed by atoms with Gasteiger partial charge in [0.05, 0.1) is 28.9 Å². The van der Waals surface area contributed by atoms with Crippen molar-refractivity contribution in [2.24, 2.45) is 7.05 Å². The van der Waals surface area contributed by atoms with E-state index in [1.807, 2.05) is 13.8 Å². The number of nitrogens with zero attached hydrogens (tertiary/aromatic N) is 5. The Morgan fingerprint density at radius 3 is 2.76 bits per heavy atom. The SMILES string of the molecule is Cc1cc(C(=O)N(C)Cc2csc(NC(=O)NCc3cccc(F)c3)n2)c2c(C)nn(C)c2n1. The van der Waals surface area contributed by atoms with E-state index in [4.69, 9.17) is 0 Å². The van der Waals surface area contributed by atoms with Gasteiger partial charge in [-0.15, -0.1) is 11.3 Å². The van der Waals surface area contributed by atoms with Crippen LogP contribution in [0.1, 0.15) is 33.0 Å². The molecule has 34 heavy (non-hydrogen) atoms. The summed E-state index contributed by atoms with van der Waals surface area (Å²) in [5.74, 6) is -0.522. The van der Waals surface area contributed by atoms with Crippen molar-refractivity contribution in [2.45, 2.75) is 26.9 Å². The minimum absolute atomic E-state index is 0.165. The Hall–Kier alpha value is -3.86. The Morgan fingerprint density at radius 1 is 1.21 bits per heavy atom. The zero-order valence-corrected chi connectivity index (χ0v) is 20.0. The molecule has 0 fully saturated rings. The number of hydrogen-bond donors (Lipinski definition) is 2. The number of halogens is 1. The lowest BCUT2D eigenvalue weighted by molar-refractivity contribution is 0.0785. The number of aromatic nitrogens is 4. The molecule has 0 unspecified atom stereocenters. The number of nitrogens with one attached hydrogen (secondary N) is 2. The molecule has 0 saturated carbocycles. The molecule has 176 valence electrons. The largest absolute Gasteiger partial charge is 0.336 e. The van der Waals surface area contributed by atoms with E-state index in [0.717, 1.165) is 16.8 Å². The topological polar surface area (TPSA) is 105 Å². The normalized spacial score (nSPS) is 11.0. The quantitative estimate of drug-likeness (QED) is 0.436. The van der Waals surface area contributed by atoms with Gasteiger partial charge in [-0.1, -0.05) is 12.1 Å². The van der Waals surface area contributed by atoms with Crippen LogP contribution < -0.4 is 10.6 Å². The van der Waals surface area contributed by atoms with E-state index in [1.54, 1.807) is 47.3 Å². The van der Waals surface area contributed by atoms with Crippen LogP contribution >= 0.6 is 11.3 Å². The van der Waals surface area contributed by atoms with E-state index < -0.39 is 6.03 Å². The summed E-state index contributed by atoms with van der Waals surface area (Å²) in [6.07, 6.45) is 0. The lowest BCUT2D eigenvalue weighted by Gasteiger charge is -2.17. The standard InChI is InChI=1S/C23H24FN7O2S/c1-13-8-18(19-14(2)29-31(4)20(19)26-13)21(32)30(3)11-17-12-34-23(27-17)28-22(33)25-10-15-6-5-7-16(24)9-15/h5-9,12H,10-11H2,1-4H3,(H2,25,27,28,33). The van der Waals surface area contributed by atoms with Crippen molar-refractivity contribution in [3.05, 3.63) is 69.7 Å². The highest BCUT2D eigenvalue weighted by atomic mass is 32.1. The van der Waals surface area contributed by atoms with Crippen molar-refractivity contribution >= 4 is 39.4 Å². The number of aryl methyl sites for hydroxylation is 3. The van der Waals surface area contributed by atoms with Crippen LogP contribution in [0.4, 0.5) is 14.3 Å². The Labute approximate surface area is 199 Å². The summed E-state index contributed by atoms with van der Waals surface area (Å²) in [6.45, 7) is 4.15. The first-order chi connectivity index (χ1) is 16.2. The van der Waals surface area contributed by atoms with Gasteiger partial charge in [-0.2, -0.15) is 5.10 Å². The molecule has 4 aromatic rings. The zero-order valence-electron chi connectivity index (χ0n) is 19.2. The minimum atomic E-state index is -0.448. The Balaban J connectivity index is 1.40. The second-order valence-corrected chi connectivity index (χ2v) is 8.82. The number of thiazole rings is 1. The van der Waals surface area contributed by atoms with Crippen LogP contribution in [0.5, 0.6) is 0 Å². The maximum atomic E-state index is 13.3. The van der Waals surface area contributed by atoms with Crippen molar-refractivity contribution in [1.29, 1.82) is 0 Å². The number of carbonyl (C=O) groups excluding carboxylic acids is 2. The molecule has 0 saturated heterocycles. The Bertz CT molecular complexity index is 1380. The first-order valence-electron chi connectivity index (χ1n) is 10.5. The van der Waals surface area contributed by atoms with Crippen molar-refractivity contribution in [3.63, 3.8) is 0 Å². The average Bonchev–Trinajstić information content (AvgIpc) is 3.34. The van der Waals surface area contributed by atoms with E-state index >= 15 is 0 Å². The lowest BCUT2D eigenvalue weighted by Crippen LogP contribution is -2.28. The molecule has 9 nitrogen and oxygen atoms in total. The number of anilines is 1. The highest BCUT2D eigenvalue weighted by Gasteiger charge is 2.21. The van der Waals surface area contributed by atoms with Crippen LogP contribution in [0.3, 0.4) is 0 Å². The second-order valence-electron chi connectivity index (χ2n) is 7.96. The fourth-order valence-electron chi connectivity index (χ4n) is 3.67. The van der Waals surface area contributed by atoms with E-state index in [2.05, 4.69) is 25.7 Å². The molecule has 1 aromatic carbocycles. The smallest absolute Gasteiger partial charge is 0.321 e. The molecule has 0 atom stereocenters. The van der Waals surface area contributed by atoms with Crippen LogP contribution in [0, 0.1) is 19.7 Å². The summed E-state index contributed by atoms with van der Waals surface area (Å²) in [4.78, 5) is 35.9. The van der Waals surface area contributed by atoms with Gasteiger partial charge in [0.1, 0.15) is 5.82 Å².